The molecule has 0 saturated carbocycles. The second-order valence-corrected chi connectivity index (χ2v) is 5.95. The number of alkyl carbamates (subject to hydrolysis) is 1. The van der Waals surface area contributed by atoms with E-state index in [1.54, 1.807) is 0 Å². The van der Waals surface area contributed by atoms with Crippen molar-refractivity contribution in [3.05, 3.63) is 35.9 Å². The monoisotopic (exact) mass is 331 g/mol. The van der Waals surface area contributed by atoms with E-state index in [0.29, 0.717) is 21.4 Å². The van der Waals surface area contributed by atoms with Gasteiger partial charge in [0.05, 0.1) is 0 Å². The Morgan fingerprint density at radius 1 is 1.37 bits per heavy atom. The van der Waals surface area contributed by atoms with Crippen molar-refractivity contribution < 1.29 is 19.4 Å². The predicted molar refractivity (Wildman–Crippen MR) is 72.2 cm³/mol. The van der Waals surface area contributed by atoms with Crippen LogP contribution in [0.25, 0.3) is 0 Å². The summed E-state index contributed by atoms with van der Waals surface area (Å²) in [6, 6.07) is 8.37. The Morgan fingerprint density at radius 3 is 2.63 bits per heavy atom. The van der Waals surface area contributed by atoms with Crippen LogP contribution in [0.5, 0.6) is 0 Å². The van der Waals surface area contributed by atoms with E-state index in [1.807, 2.05) is 36.2 Å². The molecule has 0 aliphatic heterocycles. The van der Waals surface area contributed by atoms with Crippen LogP contribution in [0.3, 0.4) is 0 Å². The van der Waals surface area contributed by atoms with E-state index >= 15 is 0 Å². The number of carboxylic acids is 1. The Bertz CT molecular complexity index is 410. The summed E-state index contributed by atoms with van der Waals surface area (Å²) in [6.45, 7) is 0.136. The summed E-state index contributed by atoms with van der Waals surface area (Å²) in [5.74, 6) is 1.00. The fourth-order valence-electron chi connectivity index (χ4n) is 1.40. The Kier molecular flexibility index (Phi) is 7.00. The fourth-order valence-corrected chi connectivity index (χ4v) is 2.39. The van der Waals surface area contributed by atoms with Crippen LogP contribution in [-0.4, -0.2) is 38.2 Å². The van der Waals surface area contributed by atoms with Crippen LogP contribution < -0.4 is 5.32 Å². The molecule has 1 amide bonds. The third-order valence-corrected chi connectivity index (χ3v) is 3.76. The molecule has 1 atom stereocenters. The molecule has 0 unspecified atom stereocenters. The van der Waals surface area contributed by atoms with Crippen LogP contribution in [0.2, 0.25) is 11.1 Å². The Labute approximate surface area is 118 Å². The van der Waals surface area contributed by atoms with Crippen molar-refractivity contribution in [3.8, 4) is 0 Å². The zero-order valence-electron chi connectivity index (χ0n) is 10.7. The maximum atomic E-state index is 11.5. The molecule has 0 spiro atoms. The van der Waals surface area contributed by atoms with E-state index in [4.69, 9.17) is 9.84 Å². The van der Waals surface area contributed by atoms with Crippen molar-refractivity contribution in [2.45, 2.75) is 30.2 Å². The fraction of sp³-hybridized carbons (Fsp3) is 0.385. The van der Waals surface area contributed by atoms with Gasteiger partial charge in [-0.3, -0.25) is 0 Å². The van der Waals surface area contributed by atoms with Crippen LogP contribution in [0.4, 0.5) is 4.79 Å². The molecule has 19 heavy (non-hydrogen) atoms. The second-order valence-electron chi connectivity index (χ2n) is 3.88. The van der Waals surface area contributed by atoms with Gasteiger partial charge in [0, 0.05) is 0 Å². The van der Waals surface area contributed by atoms with Gasteiger partial charge in [-0.15, -0.1) is 0 Å². The second kappa shape index (κ2) is 8.56. The van der Waals surface area contributed by atoms with Crippen LogP contribution >= 0.6 is 0 Å². The molecule has 0 saturated heterocycles. The van der Waals surface area contributed by atoms with Gasteiger partial charge in [0.15, 0.2) is 0 Å². The molecule has 0 heterocycles. The average Bonchev–Trinajstić information content (AvgIpc) is 2.42. The summed E-state index contributed by atoms with van der Waals surface area (Å²) in [5, 5.41) is 12.1. The molecule has 1 aromatic carbocycles. The summed E-state index contributed by atoms with van der Waals surface area (Å²) < 4.78 is 4.98. The van der Waals surface area contributed by atoms with E-state index in [9.17, 15) is 9.59 Å². The number of hydrogen-bond acceptors (Lipinski definition) is 3. The number of amides is 1. The van der Waals surface area contributed by atoms with Crippen molar-refractivity contribution >= 4 is 27.0 Å². The van der Waals surface area contributed by atoms with E-state index in [2.05, 4.69) is 5.32 Å². The van der Waals surface area contributed by atoms with Gasteiger partial charge < -0.3 is 0 Å². The minimum absolute atomic E-state index is 0.136. The van der Waals surface area contributed by atoms with E-state index in [0.717, 1.165) is 10.9 Å². The van der Waals surface area contributed by atoms with Crippen LogP contribution in [-0.2, 0) is 16.1 Å². The van der Waals surface area contributed by atoms with Crippen LogP contribution in [0.15, 0.2) is 30.3 Å². The van der Waals surface area contributed by atoms with Gasteiger partial charge in [0.2, 0.25) is 0 Å². The number of aliphatic carboxylic acids is 1. The minimum atomic E-state index is -1.03. The number of benzene rings is 1. The first-order valence-electron chi connectivity index (χ1n) is 5.82. The first-order valence-corrected chi connectivity index (χ1v) is 8.75. The molecule has 0 radical (unpaired) electrons. The van der Waals surface area contributed by atoms with Gasteiger partial charge in [-0.2, -0.15) is 0 Å². The molecular formula is C13H17NO4Se. The average molecular weight is 330 g/mol. The van der Waals surface area contributed by atoms with E-state index < -0.39 is 18.1 Å². The maximum absolute atomic E-state index is 11.5. The van der Waals surface area contributed by atoms with Gasteiger partial charge in [-0.05, 0) is 0 Å². The van der Waals surface area contributed by atoms with Gasteiger partial charge >= 0.3 is 118 Å². The number of carbonyl (C=O) groups is 2. The summed E-state index contributed by atoms with van der Waals surface area (Å²) >= 11 is 0.392. The molecular weight excluding hydrogens is 313 g/mol. The van der Waals surface area contributed by atoms with Gasteiger partial charge in [0.1, 0.15) is 0 Å². The Balaban J connectivity index is 2.38. The molecule has 0 bridgehead atoms. The summed E-state index contributed by atoms with van der Waals surface area (Å²) in [4.78, 5) is 22.5. The van der Waals surface area contributed by atoms with Crippen LogP contribution in [0.1, 0.15) is 12.0 Å². The van der Waals surface area contributed by atoms with Crippen molar-refractivity contribution in [1.82, 2.24) is 5.32 Å². The van der Waals surface area contributed by atoms with E-state index in [-0.39, 0.29) is 6.61 Å². The number of carbonyl (C=O) groups excluding carboxylic acids is 1. The third kappa shape index (κ3) is 6.27. The number of rotatable bonds is 7. The molecule has 5 nitrogen and oxygen atoms in total. The first kappa shape index (κ1) is 15.5. The third-order valence-electron chi connectivity index (χ3n) is 2.41. The molecule has 0 aliphatic carbocycles. The molecule has 0 fully saturated rings. The predicted octanol–water partition coefficient (Wildman–Crippen LogP) is 1.93. The van der Waals surface area contributed by atoms with Crippen molar-refractivity contribution in [3.63, 3.8) is 0 Å². The molecule has 104 valence electrons. The molecule has 0 aliphatic rings. The number of hydrogen-bond donors (Lipinski definition) is 2. The van der Waals surface area contributed by atoms with Gasteiger partial charge in [-0.1, -0.05) is 0 Å². The Morgan fingerprint density at radius 2 is 2.05 bits per heavy atom. The van der Waals surface area contributed by atoms with Gasteiger partial charge in [-0.25, -0.2) is 0 Å². The number of carboxylic acid groups (broad SMARTS) is 1. The van der Waals surface area contributed by atoms with Crippen molar-refractivity contribution in [2.75, 3.05) is 0 Å². The normalized spacial score (nSPS) is 11.6. The standard InChI is InChI=1S/C13H17NO4Se/c1-19-8-7-11(12(15)16)14-13(17)18-9-10-5-3-2-4-6-10/h2-6,11H,7-9H2,1H3,(H,14,17)(H,15,16)/t11-/m0/s1. The summed E-state index contributed by atoms with van der Waals surface area (Å²) in [5.41, 5.74) is 0.862. The zero-order valence-corrected chi connectivity index (χ0v) is 12.4. The molecule has 1 rings (SSSR count). The zero-order chi connectivity index (χ0) is 14.1. The number of ether oxygens (including phenoxy) is 1. The summed E-state index contributed by atoms with van der Waals surface area (Å²) in [7, 11) is 0. The van der Waals surface area contributed by atoms with Crippen LogP contribution in [0, 0.1) is 0 Å². The van der Waals surface area contributed by atoms with Gasteiger partial charge in [0.25, 0.3) is 0 Å². The molecule has 1 aromatic rings. The topological polar surface area (TPSA) is 75.6 Å². The number of nitrogens with one attached hydrogen (secondary N) is 1. The summed E-state index contributed by atoms with van der Waals surface area (Å²) in [6.07, 6.45) is -0.258. The van der Waals surface area contributed by atoms with Crippen molar-refractivity contribution in [1.29, 1.82) is 0 Å². The molecule has 6 heteroatoms. The quantitative estimate of drug-likeness (QED) is 0.749. The SMILES string of the molecule is C[Se]CC[C@H](NC(=O)OCc1ccccc1)C(=O)O. The molecule has 0 aromatic heterocycles. The molecule has 2 N–H and O–H groups in total. The Hall–Kier alpha value is -1.52. The van der Waals surface area contributed by atoms with E-state index in [1.165, 1.54) is 0 Å². The first-order chi connectivity index (χ1) is 9.13. The van der Waals surface area contributed by atoms with Crippen molar-refractivity contribution in [2.24, 2.45) is 0 Å².